The largest absolute Gasteiger partial charge is 0.444 e. The van der Waals surface area contributed by atoms with Crippen LogP contribution in [-0.2, 0) is 11.3 Å². The number of carbonyl (C=O) groups excluding carboxylic acids is 1. The van der Waals surface area contributed by atoms with Crippen molar-refractivity contribution < 1.29 is 9.53 Å². The number of hydrogen-bond donors (Lipinski definition) is 1. The smallest absolute Gasteiger partial charge is 0.410 e. The summed E-state index contributed by atoms with van der Waals surface area (Å²) in [5, 5.41) is 4.34. The maximum Gasteiger partial charge on any atom is 0.410 e. The Hall–Kier alpha value is -2.94. The van der Waals surface area contributed by atoms with Crippen molar-refractivity contribution in [2.45, 2.75) is 32.9 Å². The Morgan fingerprint density at radius 1 is 1.16 bits per heavy atom. The van der Waals surface area contributed by atoms with Gasteiger partial charge in [0.25, 0.3) is 0 Å². The minimum absolute atomic E-state index is 0.335. The molecular formula is C25H27IN4O2. The normalized spacial score (nSPS) is 11.4. The van der Waals surface area contributed by atoms with Crippen molar-refractivity contribution in [1.82, 2.24) is 9.88 Å². The van der Waals surface area contributed by atoms with Gasteiger partial charge in [0.1, 0.15) is 5.60 Å². The van der Waals surface area contributed by atoms with Gasteiger partial charge in [-0.1, -0.05) is 30.3 Å². The Labute approximate surface area is 202 Å². The second kappa shape index (κ2) is 10.6. The first-order valence-electron chi connectivity index (χ1n) is 10.2. The molecule has 0 aliphatic rings. The van der Waals surface area contributed by atoms with Crippen LogP contribution < -0.4 is 5.43 Å². The van der Waals surface area contributed by atoms with E-state index in [0.717, 1.165) is 31.5 Å². The van der Waals surface area contributed by atoms with E-state index in [1.165, 1.54) is 0 Å². The molecule has 32 heavy (non-hydrogen) atoms. The van der Waals surface area contributed by atoms with E-state index in [0.29, 0.717) is 6.54 Å². The van der Waals surface area contributed by atoms with Crippen molar-refractivity contribution in [3.63, 3.8) is 0 Å². The van der Waals surface area contributed by atoms with Crippen molar-refractivity contribution in [2.75, 3.05) is 12.5 Å². The van der Waals surface area contributed by atoms with Gasteiger partial charge in [-0.25, -0.2) is 4.79 Å². The standard InChI is InChI=1S/C25H27IN4O2/c1-25(2,3)32-24(31)30(4)17-21-8-7-18(14-23(21)26)15-28-29-22-11-9-19(10-12-22)20-6-5-13-27-16-20/h5-16,29H,17H2,1-4H3/b28-15+. The van der Waals surface area contributed by atoms with E-state index in [-0.39, 0.29) is 6.09 Å². The van der Waals surface area contributed by atoms with Crippen LogP contribution in [-0.4, -0.2) is 34.8 Å². The molecule has 0 fully saturated rings. The fraction of sp³-hybridized carbons (Fsp3) is 0.240. The quantitative estimate of drug-likeness (QED) is 0.230. The van der Waals surface area contributed by atoms with Crippen LogP contribution in [0.1, 0.15) is 31.9 Å². The van der Waals surface area contributed by atoms with E-state index in [9.17, 15) is 4.79 Å². The third-order valence-corrected chi connectivity index (χ3v) is 5.48. The van der Waals surface area contributed by atoms with Crippen LogP contribution in [0.2, 0.25) is 0 Å². The highest BCUT2D eigenvalue weighted by Gasteiger charge is 2.20. The van der Waals surface area contributed by atoms with Crippen LogP contribution in [0.4, 0.5) is 10.5 Å². The topological polar surface area (TPSA) is 66.8 Å². The molecule has 0 saturated carbocycles. The number of halogens is 1. The molecule has 0 bridgehead atoms. The first-order valence-corrected chi connectivity index (χ1v) is 11.3. The summed E-state index contributed by atoms with van der Waals surface area (Å²) in [7, 11) is 1.74. The molecule has 3 rings (SSSR count). The fourth-order valence-electron chi connectivity index (χ4n) is 2.88. The van der Waals surface area contributed by atoms with E-state index in [1.54, 1.807) is 24.4 Å². The Kier molecular flexibility index (Phi) is 7.84. The van der Waals surface area contributed by atoms with Gasteiger partial charge in [-0.15, -0.1) is 0 Å². The van der Waals surface area contributed by atoms with Crippen LogP contribution in [0.15, 0.2) is 72.1 Å². The molecule has 3 aromatic rings. The van der Waals surface area contributed by atoms with Gasteiger partial charge in [0, 0.05) is 29.6 Å². The molecule has 166 valence electrons. The lowest BCUT2D eigenvalue weighted by molar-refractivity contribution is 0.0285. The maximum absolute atomic E-state index is 12.2. The van der Waals surface area contributed by atoms with Crippen LogP contribution in [0, 0.1) is 3.57 Å². The highest BCUT2D eigenvalue weighted by molar-refractivity contribution is 14.1. The first kappa shape index (κ1) is 23.7. The Balaban J connectivity index is 1.57. The molecule has 0 saturated heterocycles. The lowest BCUT2D eigenvalue weighted by Gasteiger charge is -2.25. The van der Waals surface area contributed by atoms with Crippen molar-refractivity contribution in [3.8, 4) is 11.1 Å². The number of nitrogens with one attached hydrogen (secondary N) is 1. The summed E-state index contributed by atoms with van der Waals surface area (Å²) in [6.45, 7) is 6.06. The first-order chi connectivity index (χ1) is 15.2. The predicted octanol–water partition coefficient (Wildman–Crippen LogP) is 6.17. The highest BCUT2D eigenvalue weighted by atomic mass is 127. The molecule has 0 radical (unpaired) electrons. The molecular weight excluding hydrogens is 515 g/mol. The lowest BCUT2D eigenvalue weighted by Crippen LogP contribution is -2.34. The second-order valence-corrected chi connectivity index (χ2v) is 9.54. The summed E-state index contributed by atoms with van der Waals surface area (Å²) in [4.78, 5) is 17.9. The molecule has 1 amide bonds. The van der Waals surface area contributed by atoms with Crippen LogP contribution in [0.3, 0.4) is 0 Å². The van der Waals surface area contributed by atoms with Crippen LogP contribution >= 0.6 is 22.6 Å². The molecule has 2 aromatic carbocycles. The van der Waals surface area contributed by atoms with Crippen LogP contribution in [0.25, 0.3) is 11.1 Å². The van der Waals surface area contributed by atoms with Gasteiger partial charge in [-0.2, -0.15) is 5.10 Å². The average Bonchev–Trinajstić information content (AvgIpc) is 2.75. The SMILES string of the molecule is CN(Cc1ccc(/C=N/Nc2ccc(-c3cccnc3)cc2)cc1I)C(=O)OC(C)(C)C. The number of anilines is 1. The van der Waals surface area contributed by atoms with E-state index in [2.05, 4.69) is 38.1 Å². The fourth-order valence-corrected chi connectivity index (χ4v) is 3.59. The summed E-state index contributed by atoms with van der Waals surface area (Å²) in [5.41, 5.74) is 7.65. The number of hydrazone groups is 1. The van der Waals surface area contributed by atoms with Gasteiger partial charge in [0.15, 0.2) is 0 Å². The molecule has 0 unspecified atom stereocenters. The summed E-state index contributed by atoms with van der Waals surface area (Å²) < 4.78 is 6.47. The van der Waals surface area contributed by atoms with E-state index in [1.807, 2.05) is 81.6 Å². The summed E-state index contributed by atoms with van der Waals surface area (Å²) in [6, 6.07) is 18.0. The van der Waals surface area contributed by atoms with Gasteiger partial charge < -0.3 is 9.64 Å². The average molecular weight is 542 g/mol. The number of carbonyl (C=O) groups is 1. The number of ether oxygens (including phenoxy) is 1. The number of pyridine rings is 1. The molecule has 1 aromatic heterocycles. The molecule has 0 atom stereocenters. The van der Waals surface area contributed by atoms with E-state index >= 15 is 0 Å². The van der Waals surface area contributed by atoms with Crippen molar-refractivity contribution in [1.29, 1.82) is 0 Å². The molecule has 6 nitrogen and oxygen atoms in total. The Morgan fingerprint density at radius 3 is 2.53 bits per heavy atom. The minimum atomic E-state index is -0.509. The molecule has 0 spiro atoms. The number of rotatable bonds is 6. The molecule has 0 aliphatic heterocycles. The number of amides is 1. The summed E-state index contributed by atoms with van der Waals surface area (Å²) >= 11 is 2.28. The zero-order chi connectivity index (χ0) is 23.1. The van der Waals surface area contributed by atoms with E-state index < -0.39 is 5.60 Å². The predicted molar refractivity (Wildman–Crippen MR) is 138 cm³/mol. The van der Waals surface area contributed by atoms with Gasteiger partial charge in [-0.05, 0) is 89.9 Å². The Bertz CT molecular complexity index is 1080. The number of hydrogen-bond acceptors (Lipinski definition) is 5. The van der Waals surface area contributed by atoms with Gasteiger partial charge in [-0.3, -0.25) is 10.4 Å². The van der Waals surface area contributed by atoms with E-state index in [4.69, 9.17) is 4.74 Å². The highest BCUT2D eigenvalue weighted by Crippen LogP contribution is 2.21. The minimum Gasteiger partial charge on any atom is -0.444 e. The molecule has 7 heteroatoms. The van der Waals surface area contributed by atoms with Crippen molar-refractivity contribution in [3.05, 3.63) is 81.7 Å². The number of aromatic nitrogens is 1. The molecule has 1 N–H and O–H groups in total. The van der Waals surface area contributed by atoms with Crippen molar-refractivity contribution >= 4 is 40.6 Å². The van der Waals surface area contributed by atoms with Gasteiger partial charge in [0.2, 0.25) is 0 Å². The third kappa shape index (κ3) is 7.05. The maximum atomic E-state index is 12.2. The molecule has 0 aliphatic carbocycles. The van der Waals surface area contributed by atoms with Gasteiger partial charge >= 0.3 is 6.09 Å². The second-order valence-electron chi connectivity index (χ2n) is 8.38. The zero-order valence-corrected chi connectivity index (χ0v) is 20.8. The summed E-state index contributed by atoms with van der Waals surface area (Å²) in [6.07, 6.45) is 5.05. The summed E-state index contributed by atoms with van der Waals surface area (Å²) in [5.74, 6) is 0. The molecule has 1 heterocycles. The number of nitrogens with zero attached hydrogens (tertiary/aromatic N) is 3. The number of benzene rings is 2. The van der Waals surface area contributed by atoms with Gasteiger partial charge in [0.05, 0.1) is 11.9 Å². The van der Waals surface area contributed by atoms with Crippen molar-refractivity contribution in [2.24, 2.45) is 5.10 Å². The lowest BCUT2D eigenvalue weighted by atomic mass is 10.1. The third-order valence-electron chi connectivity index (χ3n) is 4.48. The van der Waals surface area contributed by atoms with Crippen LogP contribution in [0.5, 0.6) is 0 Å². The Morgan fingerprint density at radius 2 is 1.91 bits per heavy atom. The monoisotopic (exact) mass is 542 g/mol. The zero-order valence-electron chi connectivity index (χ0n) is 18.7.